The maximum absolute atomic E-state index is 13.2. The Balaban J connectivity index is 2.21. The Morgan fingerprint density at radius 2 is 1.70 bits per heavy atom. The van der Waals surface area contributed by atoms with Crippen LogP contribution in [-0.2, 0) is 16.1 Å². The van der Waals surface area contributed by atoms with Crippen LogP contribution in [0.2, 0.25) is 0 Å². The van der Waals surface area contributed by atoms with Crippen molar-refractivity contribution in [3.63, 3.8) is 0 Å². The maximum Gasteiger partial charge on any atom is 0.261 e. The zero-order valence-electron chi connectivity index (χ0n) is 18.8. The quantitative estimate of drug-likeness (QED) is 0.631. The molecule has 5 nitrogen and oxygen atoms in total. The fourth-order valence-corrected chi connectivity index (χ4v) is 3.24. The summed E-state index contributed by atoms with van der Waals surface area (Å²) in [4.78, 5) is 27.7. The van der Waals surface area contributed by atoms with Gasteiger partial charge in [-0.1, -0.05) is 56.3 Å². The molecule has 0 heterocycles. The summed E-state index contributed by atoms with van der Waals surface area (Å²) in [6.45, 7) is 10.2. The van der Waals surface area contributed by atoms with Gasteiger partial charge in [0.25, 0.3) is 5.91 Å². The molecular formula is C25H34N2O3. The summed E-state index contributed by atoms with van der Waals surface area (Å²) in [5, 5.41) is 3.02. The van der Waals surface area contributed by atoms with Gasteiger partial charge < -0.3 is 15.0 Å². The highest BCUT2D eigenvalue weighted by atomic mass is 16.5. The second-order valence-electron chi connectivity index (χ2n) is 7.74. The van der Waals surface area contributed by atoms with Crippen LogP contribution in [0.25, 0.3) is 0 Å². The number of hydrogen-bond acceptors (Lipinski definition) is 3. The predicted octanol–water partition coefficient (Wildman–Crippen LogP) is 4.40. The van der Waals surface area contributed by atoms with Gasteiger partial charge in [0, 0.05) is 12.6 Å². The molecule has 2 amide bonds. The molecule has 0 fully saturated rings. The highest BCUT2D eigenvalue weighted by molar-refractivity contribution is 5.88. The Morgan fingerprint density at radius 1 is 1.00 bits per heavy atom. The Labute approximate surface area is 180 Å². The lowest BCUT2D eigenvalue weighted by Crippen LogP contribution is -2.51. The molecule has 0 bridgehead atoms. The van der Waals surface area contributed by atoms with Gasteiger partial charge in [0.2, 0.25) is 5.91 Å². The van der Waals surface area contributed by atoms with Crippen molar-refractivity contribution in [2.24, 2.45) is 0 Å². The molecule has 0 aliphatic carbocycles. The lowest BCUT2D eigenvalue weighted by molar-refractivity contribution is -0.143. The number of nitrogens with zero attached hydrogens (tertiary/aromatic N) is 1. The zero-order valence-corrected chi connectivity index (χ0v) is 18.8. The third-order valence-electron chi connectivity index (χ3n) is 5.49. The number of rotatable bonds is 10. The van der Waals surface area contributed by atoms with Gasteiger partial charge in [-0.05, 0) is 56.4 Å². The SMILES string of the molecule is CC[C@H](C)NC(=O)[C@H](CC)N(Cc1ccccc1)C(=O)COc1cccc(C)c1C. The summed E-state index contributed by atoms with van der Waals surface area (Å²) < 4.78 is 5.85. The van der Waals surface area contributed by atoms with Crippen molar-refractivity contribution in [3.8, 4) is 5.75 Å². The molecule has 162 valence electrons. The molecule has 0 spiro atoms. The smallest absolute Gasteiger partial charge is 0.261 e. The summed E-state index contributed by atoms with van der Waals surface area (Å²) >= 11 is 0. The molecule has 0 saturated carbocycles. The molecule has 5 heteroatoms. The third kappa shape index (κ3) is 6.34. The number of ether oxygens (including phenoxy) is 1. The van der Waals surface area contributed by atoms with Crippen molar-refractivity contribution < 1.29 is 14.3 Å². The van der Waals surface area contributed by atoms with Crippen LogP contribution in [0.5, 0.6) is 5.75 Å². The molecule has 0 radical (unpaired) electrons. The van der Waals surface area contributed by atoms with Gasteiger partial charge in [0.1, 0.15) is 11.8 Å². The first-order chi connectivity index (χ1) is 14.4. The Hall–Kier alpha value is -2.82. The van der Waals surface area contributed by atoms with E-state index in [-0.39, 0.29) is 24.5 Å². The van der Waals surface area contributed by atoms with Crippen molar-refractivity contribution in [1.82, 2.24) is 10.2 Å². The van der Waals surface area contributed by atoms with Gasteiger partial charge in [0.05, 0.1) is 0 Å². The fraction of sp³-hybridized carbons (Fsp3) is 0.440. The van der Waals surface area contributed by atoms with E-state index in [9.17, 15) is 9.59 Å². The third-order valence-corrected chi connectivity index (χ3v) is 5.49. The minimum Gasteiger partial charge on any atom is -0.483 e. The fourth-order valence-electron chi connectivity index (χ4n) is 3.24. The average Bonchev–Trinajstić information content (AvgIpc) is 2.75. The lowest BCUT2D eigenvalue weighted by atomic mass is 10.1. The van der Waals surface area contributed by atoms with Crippen molar-refractivity contribution in [3.05, 3.63) is 65.2 Å². The Morgan fingerprint density at radius 3 is 2.33 bits per heavy atom. The van der Waals surface area contributed by atoms with Gasteiger partial charge >= 0.3 is 0 Å². The molecule has 2 atom stereocenters. The van der Waals surface area contributed by atoms with Crippen LogP contribution in [0.1, 0.15) is 50.3 Å². The topological polar surface area (TPSA) is 58.6 Å². The van der Waals surface area contributed by atoms with E-state index < -0.39 is 6.04 Å². The number of carbonyl (C=O) groups is 2. The Bertz CT molecular complexity index is 836. The van der Waals surface area contributed by atoms with Crippen molar-refractivity contribution >= 4 is 11.8 Å². The van der Waals surface area contributed by atoms with Crippen LogP contribution < -0.4 is 10.1 Å². The highest BCUT2D eigenvalue weighted by Crippen LogP contribution is 2.21. The van der Waals surface area contributed by atoms with Crippen LogP contribution in [0.15, 0.2) is 48.5 Å². The van der Waals surface area contributed by atoms with Crippen LogP contribution in [-0.4, -0.2) is 35.4 Å². The minimum absolute atomic E-state index is 0.0615. The zero-order chi connectivity index (χ0) is 22.1. The van der Waals surface area contributed by atoms with Crippen molar-refractivity contribution in [2.75, 3.05) is 6.61 Å². The number of amides is 2. The summed E-state index contributed by atoms with van der Waals surface area (Å²) in [6, 6.07) is 15.0. The molecular weight excluding hydrogens is 376 g/mol. The molecule has 0 saturated heterocycles. The largest absolute Gasteiger partial charge is 0.483 e. The standard InChI is InChI=1S/C25H34N2O3/c1-6-19(4)26-25(29)22(7-2)27(16-21-13-9-8-10-14-21)24(28)17-30-23-15-11-12-18(3)20(23)5/h8-15,19,22H,6-7,16-17H2,1-5H3,(H,26,29)/t19-,22-/m0/s1. The summed E-state index contributed by atoms with van der Waals surface area (Å²) in [5.41, 5.74) is 3.11. The maximum atomic E-state index is 13.2. The molecule has 0 unspecified atom stereocenters. The van der Waals surface area contributed by atoms with Gasteiger partial charge in [-0.2, -0.15) is 0 Å². The van der Waals surface area contributed by atoms with Crippen LogP contribution in [0, 0.1) is 13.8 Å². The summed E-state index contributed by atoms with van der Waals surface area (Å²) in [7, 11) is 0. The monoisotopic (exact) mass is 410 g/mol. The molecule has 1 N–H and O–H groups in total. The highest BCUT2D eigenvalue weighted by Gasteiger charge is 2.29. The number of nitrogens with one attached hydrogen (secondary N) is 1. The van der Waals surface area contributed by atoms with Gasteiger partial charge in [-0.15, -0.1) is 0 Å². The predicted molar refractivity (Wildman–Crippen MR) is 120 cm³/mol. The van der Waals surface area contributed by atoms with E-state index in [2.05, 4.69) is 5.32 Å². The molecule has 0 aliphatic heterocycles. The molecule has 30 heavy (non-hydrogen) atoms. The molecule has 2 rings (SSSR count). The first-order valence-corrected chi connectivity index (χ1v) is 10.7. The van der Waals surface area contributed by atoms with E-state index in [0.717, 1.165) is 23.1 Å². The van der Waals surface area contributed by atoms with E-state index in [1.807, 2.05) is 83.1 Å². The van der Waals surface area contributed by atoms with Crippen LogP contribution >= 0.6 is 0 Å². The second-order valence-corrected chi connectivity index (χ2v) is 7.74. The van der Waals surface area contributed by atoms with Crippen LogP contribution in [0.3, 0.4) is 0 Å². The van der Waals surface area contributed by atoms with E-state index in [1.54, 1.807) is 4.90 Å². The number of hydrogen-bond donors (Lipinski definition) is 1. The molecule has 0 aliphatic rings. The van der Waals surface area contributed by atoms with Crippen molar-refractivity contribution in [1.29, 1.82) is 0 Å². The van der Waals surface area contributed by atoms with Crippen LogP contribution in [0.4, 0.5) is 0 Å². The van der Waals surface area contributed by atoms with Crippen molar-refractivity contribution in [2.45, 2.75) is 66.1 Å². The van der Waals surface area contributed by atoms with Gasteiger partial charge in [-0.25, -0.2) is 0 Å². The van der Waals surface area contributed by atoms with E-state index in [1.165, 1.54) is 0 Å². The first-order valence-electron chi connectivity index (χ1n) is 10.7. The van der Waals surface area contributed by atoms with E-state index in [4.69, 9.17) is 4.74 Å². The summed E-state index contributed by atoms with van der Waals surface area (Å²) in [5.74, 6) is 0.369. The van der Waals surface area contributed by atoms with E-state index >= 15 is 0 Å². The molecule has 0 aromatic heterocycles. The van der Waals surface area contributed by atoms with Gasteiger partial charge in [-0.3, -0.25) is 9.59 Å². The number of benzene rings is 2. The lowest BCUT2D eigenvalue weighted by Gasteiger charge is -2.31. The minimum atomic E-state index is -0.547. The van der Waals surface area contributed by atoms with E-state index in [0.29, 0.717) is 18.7 Å². The number of carbonyl (C=O) groups excluding carboxylic acids is 2. The molecule has 2 aromatic rings. The first kappa shape index (κ1) is 23.5. The Kier molecular flexibility index (Phi) is 8.90. The molecule has 2 aromatic carbocycles. The average molecular weight is 411 g/mol. The summed E-state index contributed by atoms with van der Waals surface area (Å²) in [6.07, 6.45) is 1.37. The second kappa shape index (κ2) is 11.4. The number of aryl methyl sites for hydroxylation is 1. The van der Waals surface area contributed by atoms with Gasteiger partial charge in [0.15, 0.2) is 6.61 Å². The normalized spacial score (nSPS) is 12.7.